The second kappa shape index (κ2) is 6.23. The van der Waals surface area contributed by atoms with Crippen LogP contribution in [0.5, 0.6) is 0 Å². The van der Waals surface area contributed by atoms with Gasteiger partial charge in [0, 0.05) is 19.1 Å². The van der Waals surface area contributed by atoms with Gasteiger partial charge in [0.1, 0.15) is 5.60 Å². The number of hydrogen-bond acceptors (Lipinski definition) is 5. The summed E-state index contributed by atoms with van der Waals surface area (Å²) in [5, 5.41) is 0. The molecule has 1 amide bonds. The molecule has 1 aliphatic rings. The summed E-state index contributed by atoms with van der Waals surface area (Å²) in [5.74, 6) is -0.815. The van der Waals surface area contributed by atoms with Crippen molar-refractivity contribution in [2.45, 2.75) is 45.8 Å². The highest BCUT2D eigenvalue weighted by molar-refractivity contribution is 5.75. The summed E-state index contributed by atoms with van der Waals surface area (Å²) in [6.07, 6.45) is 0.164. The normalized spacial score (nSPS) is 23.9. The van der Waals surface area contributed by atoms with Crippen LogP contribution >= 0.6 is 0 Å². The summed E-state index contributed by atoms with van der Waals surface area (Å²) in [7, 11) is 0. The van der Waals surface area contributed by atoms with E-state index in [0.717, 1.165) is 0 Å². The molecule has 2 atom stereocenters. The predicted octanol–water partition coefficient (Wildman–Crippen LogP) is 1.13. The monoisotopic (exact) mass is 272 g/mol. The molecule has 0 radical (unpaired) electrons. The fourth-order valence-electron chi connectivity index (χ4n) is 1.96. The van der Waals surface area contributed by atoms with E-state index >= 15 is 0 Å². The molecule has 1 saturated heterocycles. The Bertz CT molecular complexity index is 338. The third-order valence-electron chi connectivity index (χ3n) is 2.91. The number of nitrogens with zero attached hydrogens (tertiary/aromatic N) is 1. The molecule has 1 aliphatic heterocycles. The number of amides is 1. The van der Waals surface area contributed by atoms with Crippen LogP contribution < -0.4 is 5.73 Å². The molecule has 0 unspecified atom stereocenters. The first-order valence-electron chi connectivity index (χ1n) is 6.64. The highest BCUT2D eigenvalue weighted by atomic mass is 16.6. The van der Waals surface area contributed by atoms with E-state index in [1.807, 2.05) is 20.8 Å². The van der Waals surface area contributed by atoms with E-state index in [2.05, 4.69) is 0 Å². The number of likely N-dealkylation sites (tertiary alicyclic amines) is 1. The Morgan fingerprint density at radius 1 is 1.37 bits per heavy atom. The fraction of sp³-hybridized carbons (Fsp3) is 0.846. The minimum absolute atomic E-state index is 0.259. The van der Waals surface area contributed by atoms with Gasteiger partial charge >= 0.3 is 12.1 Å². The average Bonchev–Trinajstić information content (AvgIpc) is 2.27. The van der Waals surface area contributed by atoms with Crippen molar-refractivity contribution in [3.8, 4) is 0 Å². The van der Waals surface area contributed by atoms with Crippen LogP contribution in [-0.2, 0) is 14.3 Å². The highest BCUT2D eigenvalue weighted by Gasteiger charge is 2.36. The zero-order valence-electron chi connectivity index (χ0n) is 12.1. The van der Waals surface area contributed by atoms with Crippen molar-refractivity contribution >= 4 is 12.1 Å². The van der Waals surface area contributed by atoms with E-state index in [0.29, 0.717) is 19.6 Å². The van der Waals surface area contributed by atoms with E-state index in [1.54, 1.807) is 6.92 Å². The Kier molecular flexibility index (Phi) is 5.17. The van der Waals surface area contributed by atoms with Crippen molar-refractivity contribution < 1.29 is 19.1 Å². The van der Waals surface area contributed by atoms with Gasteiger partial charge < -0.3 is 20.1 Å². The highest BCUT2D eigenvalue weighted by Crippen LogP contribution is 2.19. The maximum Gasteiger partial charge on any atom is 0.410 e. The fourth-order valence-corrected chi connectivity index (χ4v) is 1.96. The lowest BCUT2D eigenvalue weighted by Crippen LogP contribution is -2.53. The molecule has 2 N–H and O–H groups in total. The van der Waals surface area contributed by atoms with Gasteiger partial charge in [-0.2, -0.15) is 0 Å². The maximum absolute atomic E-state index is 12.0. The first kappa shape index (κ1) is 15.8. The lowest BCUT2D eigenvalue weighted by Gasteiger charge is -2.36. The van der Waals surface area contributed by atoms with E-state index in [1.165, 1.54) is 4.90 Å². The molecular formula is C13H24N2O4. The second-order valence-electron chi connectivity index (χ2n) is 5.74. The van der Waals surface area contributed by atoms with E-state index in [9.17, 15) is 9.59 Å². The van der Waals surface area contributed by atoms with Gasteiger partial charge in [0.2, 0.25) is 0 Å². The number of rotatable bonds is 2. The number of nitrogens with two attached hydrogens (primary N) is 1. The van der Waals surface area contributed by atoms with E-state index in [-0.39, 0.29) is 18.6 Å². The Balaban J connectivity index is 2.63. The first-order valence-corrected chi connectivity index (χ1v) is 6.64. The largest absolute Gasteiger partial charge is 0.466 e. The van der Waals surface area contributed by atoms with Crippen LogP contribution in [0.1, 0.15) is 34.1 Å². The molecule has 0 aromatic heterocycles. The van der Waals surface area contributed by atoms with Crippen LogP contribution in [0.2, 0.25) is 0 Å². The van der Waals surface area contributed by atoms with Gasteiger partial charge in [-0.05, 0) is 34.1 Å². The summed E-state index contributed by atoms with van der Waals surface area (Å²) in [4.78, 5) is 25.3. The number of carbonyl (C=O) groups is 2. The van der Waals surface area contributed by atoms with Gasteiger partial charge in [0.05, 0.1) is 12.5 Å². The standard InChI is InChI=1S/C13H24N2O4/c1-5-18-11(16)9-8-15(7-6-10(9)14)12(17)19-13(2,3)4/h9-10H,5-8,14H2,1-4H3/t9-,10-/m1/s1. The van der Waals surface area contributed by atoms with Crippen molar-refractivity contribution in [2.75, 3.05) is 19.7 Å². The Labute approximate surface area is 114 Å². The van der Waals surface area contributed by atoms with Gasteiger partial charge in [-0.3, -0.25) is 4.79 Å². The van der Waals surface area contributed by atoms with Crippen molar-refractivity contribution in [1.82, 2.24) is 4.90 Å². The Morgan fingerprint density at radius 3 is 2.53 bits per heavy atom. The molecule has 0 aromatic carbocycles. The predicted molar refractivity (Wildman–Crippen MR) is 70.5 cm³/mol. The number of ether oxygens (including phenoxy) is 2. The smallest absolute Gasteiger partial charge is 0.410 e. The molecule has 0 aromatic rings. The molecule has 6 heteroatoms. The van der Waals surface area contributed by atoms with E-state index in [4.69, 9.17) is 15.2 Å². The molecule has 6 nitrogen and oxygen atoms in total. The van der Waals surface area contributed by atoms with Crippen LogP contribution in [0.4, 0.5) is 4.79 Å². The van der Waals surface area contributed by atoms with Gasteiger partial charge in [0.15, 0.2) is 0 Å². The summed E-state index contributed by atoms with van der Waals surface area (Å²) in [6.45, 7) is 8.25. The molecule has 110 valence electrons. The third-order valence-corrected chi connectivity index (χ3v) is 2.91. The lowest BCUT2D eigenvalue weighted by molar-refractivity contribution is -0.150. The van der Waals surface area contributed by atoms with Crippen LogP contribution in [-0.4, -0.2) is 48.3 Å². The summed E-state index contributed by atoms with van der Waals surface area (Å²) in [6, 6.07) is -0.266. The molecule has 19 heavy (non-hydrogen) atoms. The Morgan fingerprint density at radius 2 is 2.00 bits per heavy atom. The van der Waals surface area contributed by atoms with Crippen LogP contribution in [0.15, 0.2) is 0 Å². The summed E-state index contributed by atoms with van der Waals surface area (Å²) < 4.78 is 10.3. The third kappa shape index (κ3) is 4.70. The number of esters is 1. The second-order valence-corrected chi connectivity index (χ2v) is 5.74. The molecular weight excluding hydrogens is 248 g/mol. The molecule has 0 bridgehead atoms. The molecule has 1 fully saturated rings. The summed E-state index contributed by atoms with van der Waals surface area (Å²) in [5.41, 5.74) is 5.37. The maximum atomic E-state index is 12.0. The van der Waals surface area contributed by atoms with Gasteiger partial charge in [-0.1, -0.05) is 0 Å². The van der Waals surface area contributed by atoms with Gasteiger partial charge in [0.25, 0.3) is 0 Å². The van der Waals surface area contributed by atoms with Crippen molar-refractivity contribution in [2.24, 2.45) is 11.7 Å². The molecule has 1 heterocycles. The zero-order chi connectivity index (χ0) is 14.6. The van der Waals surface area contributed by atoms with Crippen LogP contribution in [0, 0.1) is 5.92 Å². The Hall–Kier alpha value is -1.30. The zero-order valence-corrected chi connectivity index (χ0v) is 12.1. The average molecular weight is 272 g/mol. The summed E-state index contributed by atoms with van der Waals surface area (Å²) >= 11 is 0. The van der Waals surface area contributed by atoms with Gasteiger partial charge in [-0.15, -0.1) is 0 Å². The van der Waals surface area contributed by atoms with Crippen molar-refractivity contribution in [3.05, 3.63) is 0 Å². The van der Waals surface area contributed by atoms with E-state index < -0.39 is 17.6 Å². The molecule has 1 rings (SSSR count). The number of carbonyl (C=O) groups excluding carboxylic acids is 2. The van der Waals surface area contributed by atoms with Crippen LogP contribution in [0.3, 0.4) is 0 Å². The van der Waals surface area contributed by atoms with Crippen molar-refractivity contribution in [3.63, 3.8) is 0 Å². The minimum Gasteiger partial charge on any atom is -0.466 e. The number of hydrogen-bond donors (Lipinski definition) is 1. The quantitative estimate of drug-likeness (QED) is 0.762. The minimum atomic E-state index is -0.546. The van der Waals surface area contributed by atoms with Crippen LogP contribution in [0.25, 0.3) is 0 Å². The molecule has 0 spiro atoms. The molecule has 0 saturated carbocycles. The van der Waals surface area contributed by atoms with Gasteiger partial charge in [-0.25, -0.2) is 4.79 Å². The topological polar surface area (TPSA) is 81.9 Å². The van der Waals surface area contributed by atoms with Crippen molar-refractivity contribution in [1.29, 1.82) is 0 Å². The number of piperidine rings is 1. The first-order chi connectivity index (χ1) is 8.74. The SMILES string of the molecule is CCOC(=O)[C@@H]1CN(C(=O)OC(C)(C)C)CC[C@H]1N. The molecule has 0 aliphatic carbocycles. The lowest BCUT2D eigenvalue weighted by atomic mass is 9.93.